The van der Waals surface area contributed by atoms with Gasteiger partial charge in [-0.05, 0) is 37.8 Å². The molecule has 3 rings (SSSR count). The third-order valence-electron chi connectivity index (χ3n) is 5.29. The Balaban J connectivity index is 0.00000243. The van der Waals surface area contributed by atoms with Crippen LogP contribution in [0.3, 0.4) is 0 Å². The Bertz CT molecular complexity index is 738. The number of aryl methyl sites for hydroxylation is 2. The first kappa shape index (κ1) is 20.7. The Morgan fingerprint density at radius 1 is 1.27 bits per heavy atom. The SMILES string of the molecule is CN=C(NCCc1c(C)nn(C)c1C)N1CCC(c2ccccc2)C1.I. The van der Waals surface area contributed by atoms with E-state index in [9.17, 15) is 0 Å². The van der Waals surface area contributed by atoms with Crippen LogP contribution in [0.5, 0.6) is 0 Å². The van der Waals surface area contributed by atoms with Crippen molar-refractivity contribution in [3.05, 3.63) is 52.8 Å². The summed E-state index contributed by atoms with van der Waals surface area (Å²) in [6.07, 6.45) is 2.16. The first-order valence-electron chi connectivity index (χ1n) is 9.09. The zero-order valence-electron chi connectivity index (χ0n) is 16.2. The summed E-state index contributed by atoms with van der Waals surface area (Å²) < 4.78 is 1.96. The van der Waals surface area contributed by atoms with Crippen LogP contribution in [0.4, 0.5) is 0 Å². The Hall–Kier alpha value is -1.57. The van der Waals surface area contributed by atoms with E-state index in [1.165, 1.54) is 23.2 Å². The van der Waals surface area contributed by atoms with Crippen molar-refractivity contribution in [2.75, 3.05) is 26.7 Å². The molecular formula is C20H30IN5. The first-order chi connectivity index (χ1) is 12.1. The Labute approximate surface area is 173 Å². The van der Waals surface area contributed by atoms with E-state index in [1.54, 1.807) is 0 Å². The number of nitrogens with zero attached hydrogens (tertiary/aromatic N) is 4. The minimum atomic E-state index is 0. The zero-order chi connectivity index (χ0) is 17.8. The molecule has 5 nitrogen and oxygen atoms in total. The smallest absolute Gasteiger partial charge is 0.193 e. The average Bonchev–Trinajstić information content (AvgIpc) is 3.20. The normalized spacial score (nSPS) is 17.3. The molecule has 2 heterocycles. The molecular weight excluding hydrogens is 437 g/mol. The molecule has 1 aromatic heterocycles. The molecule has 1 unspecified atom stereocenters. The number of likely N-dealkylation sites (tertiary alicyclic amines) is 1. The number of halogens is 1. The highest BCUT2D eigenvalue weighted by Gasteiger charge is 2.25. The zero-order valence-corrected chi connectivity index (χ0v) is 18.5. The maximum absolute atomic E-state index is 4.50. The lowest BCUT2D eigenvalue weighted by Crippen LogP contribution is -2.40. The van der Waals surface area contributed by atoms with Gasteiger partial charge in [0.1, 0.15) is 0 Å². The van der Waals surface area contributed by atoms with Gasteiger partial charge in [0, 0.05) is 45.3 Å². The van der Waals surface area contributed by atoms with E-state index >= 15 is 0 Å². The molecule has 1 aliphatic rings. The van der Waals surface area contributed by atoms with Crippen LogP contribution in [0.25, 0.3) is 0 Å². The molecule has 0 bridgehead atoms. The highest BCUT2D eigenvalue weighted by Crippen LogP contribution is 2.26. The van der Waals surface area contributed by atoms with Gasteiger partial charge in [-0.15, -0.1) is 24.0 Å². The summed E-state index contributed by atoms with van der Waals surface area (Å²) in [5.41, 5.74) is 5.15. The number of aromatic nitrogens is 2. The minimum Gasteiger partial charge on any atom is -0.356 e. The third kappa shape index (κ3) is 4.58. The van der Waals surface area contributed by atoms with E-state index in [4.69, 9.17) is 0 Å². The number of nitrogens with one attached hydrogen (secondary N) is 1. The van der Waals surface area contributed by atoms with Crippen molar-refractivity contribution in [3.63, 3.8) is 0 Å². The number of guanidine groups is 1. The van der Waals surface area contributed by atoms with Gasteiger partial charge in [-0.3, -0.25) is 9.67 Å². The summed E-state index contributed by atoms with van der Waals surface area (Å²) in [6.45, 7) is 7.20. The van der Waals surface area contributed by atoms with Gasteiger partial charge < -0.3 is 10.2 Å². The van der Waals surface area contributed by atoms with Crippen LogP contribution < -0.4 is 5.32 Å². The van der Waals surface area contributed by atoms with E-state index in [1.807, 2.05) is 18.8 Å². The van der Waals surface area contributed by atoms with Crippen LogP contribution in [0.1, 0.15) is 34.9 Å². The average molecular weight is 467 g/mol. The minimum absolute atomic E-state index is 0. The van der Waals surface area contributed by atoms with Crippen LogP contribution in [-0.4, -0.2) is 47.3 Å². The molecule has 0 saturated carbocycles. The molecule has 1 N–H and O–H groups in total. The summed E-state index contributed by atoms with van der Waals surface area (Å²) in [4.78, 5) is 6.87. The van der Waals surface area contributed by atoms with E-state index in [2.05, 4.69) is 64.5 Å². The number of hydrogen-bond acceptors (Lipinski definition) is 2. The van der Waals surface area contributed by atoms with E-state index in [0.717, 1.165) is 37.7 Å². The van der Waals surface area contributed by atoms with E-state index in [0.29, 0.717) is 5.92 Å². The molecule has 1 aromatic carbocycles. The van der Waals surface area contributed by atoms with Crippen molar-refractivity contribution in [2.24, 2.45) is 12.0 Å². The molecule has 26 heavy (non-hydrogen) atoms. The van der Waals surface area contributed by atoms with Gasteiger partial charge in [-0.2, -0.15) is 5.10 Å². The van der Waals surface area contributed by atoms with Crippen LogP contribution >= 0.6 is 24.0 Å². The summed E-state index contributed by atoms with van der Waals surface area (Å²) >= 11 is 0. The van der Waals surface area contributed by atoms with Gasteiger partial charge in [-0.1, -0.05) is 30.3 Å². The molecule has 2 aromatic rings. The molecule has 142 valence electrons. The predicted octanol–water partition coefficient (Wildman–Crippen LogP) is 3.26. The topological polar surface area (TPSA) is 45.5 Å². The summed E-state index contributed by atoms with van der Waals surface area (Å²) in [5.74, 6) is 1.61. The second-order valence-electron chi connectivity index (χ2n) is 6.84. The molecule has 6 heteroatoms. The highest BCUT2D eigenvalue weighted by molar-refractivity contribution is 14.0. The fourth-order valence-electron chi connectivity index (χ4n) is 3.76. The lowest BCUT2D eigenvalue weighted by atomic mass is 9.99. The largest absolute Gasteiger partial charge is 0.356 e. The molecule has 1 atom stereocenters. The molecule has 0 spiro atoms. The van der Waals surface area contributed by atoms with Crippen molar-refractivity contribution in [1.82, 2.24) is 20.0 Å². The Kier molecular flexibility index (Phi) is 7.49. The van der Waals surface area contributed by atoms with Crippen molar-refractivity contribution in [2.45, 2.75) is 32.6 Å². The molecule has 0 amide bonds. The van der Waals surface area contributed by atoms with Crippen molar-refractivity contribution in [1.29, 1.82) is 0 Å². The Morgan fingerprint density at radius 2 is 2.00 bits per heavy atom. The number of hydrogen-bond donors (Lipinski definition) is 1. The van der Waals surface area contributed by atoms with Gasteiger partial charge in [0.2, 0.25) is 0 Å². The van der Waals surface area contributed by atoms with Crippen LogP contribution in [0, 0.1) is 13.8 Å². The van der Waals surface area contributed by atoms with Gasteiger partial charge in [0.15, 0.2) is 5.96 Å². The first-order valence-corrected chi connectivity index (χ1v) is 9.09. The van der Waals surface area contributed by atoms with E-state index < -0.39 is 0 Å². The van der Waals surface area contributed by atoms with Crippen molar-refractivity contribution in [3.8, 4) is 0 Å². The fraction of sp³-hybridized carbons (Fsp3) is 0.500. The quantitative estimate of drug-likeness (QED) is 0.427. The van der Waals surface area contributed by atoms with Crippen LogP contribution in [0.2, 0.25) is 0 Å². The second kappa shape index (κ2) is 9.39. The predicted molar refractivity (Wildman–Crippen MR) is 119 cm³/mol. The number of aliphatic imine (C=N–C) groups is 1. The lowest BCUT2D eigenvalue weighted by molar-refractivity contribution is 0.486. The third-order valence-corrected chi connectivity index (χ3v) is 5.29. The summed E-state index contributed by atoms with van der Waals surface area (Å²) in [7, 11) is 3.88. The summed E-state index contributed by atoms with van der Waals surface area (Å²) in [5, 5.41) is 8.03. The number of rotatable bonds is 4. The number of benzene rings is 1. The maximum Gasteiger partial charge on any atom is 0.193 e. The van der Waals surface area contributed by atoms with Gasteiger partial charge in [-0.25, -0.2) is 0 Å². The maximum atomic E-state index is 4.50. The van der Waals surface area contributed by atoms with E-state index in [-0.39, 0.29) is 24.0 Å². The van der Waals surface area contributed by atoms with Gasteiger partial charge >= 0.3 is 0 Å². The van der Waals surface area contributed by atoms with Gasteiger partial charge in [0.05, 0.1) is 5.69 Å². The lowest BCUT2D eigenvalue weighted by Gasteiger charge is -2.22. The van der Waals surface area contributed by atoms with Gasteiger partial charge in [0.25, 0.3) is 0 Å². The fourth-order valence-corrected chi connectivity index (χ4v) is 3.76. The van der Waals surface area contributed by atoms with Crippen molar-refractivity contribution < 1.29 is 0 Å². The summed E-state index contributed by atoms with van der Waals surface area (Å²) in [6, 6.07) is 10.8. The second-order valence-corrected chi connectivity index (χ2v) is 6.84. The van der Waals surface area contributed by atoms with Crippen molar-refractivity contribution >= 4 is 29.9 Å². The monoisotopic (exact) mass is 467 g/mol. The molecule has 1 aliphatic heterocycles. The molecule has 1 fully saturated rings. The standard InChI is InChI=1S/C20H29N5.HI/c1-15-19(16(2)24(4)23-15)10-12-22-20(21-3)25-13-11-18(14-25)17-8-6-5-7-9-17;/h5-9,18H,10-14H2,1-4H3,(H,21,22);1H. The molecule has 0 aliphatic carbocycles. The molecule has 1 saturated heterocycles. The van der Waals surface area contributed by atoms with Crippen LogP contribution in [0.15, 0.2) is 35.3 Å². The Morgan fingerprint density at radius 3 is 2.62 bits per heavy atom. The van der Waals surface area contributed by atoms with Crippen LogP contribution in [-0.2, 0) is 13.5 Å². The highest BCUT2D eigenvalue weighted by atomic mass is 127. The molecule has 0 radical (unpaired) electrons.